The van der Waals surface area contributed by atoms with Gasteiger partial charge >= 0.3 is 17.6 Å². The maximum Gasteiger partial charge on any atom is 0.353 e. The van der Waals surface area contributed by atoms with Crippen molar-refractivity contribution in [1.82, 2.24) is 0 Å². The molecule has 86 valence electrons. The summed E-state index contributed by atoms with van der Waals surface area (Å²) in [6.07, 6.45) is -0.681. The first-order valence-electron chi connectivity index (χ1n) is 4.57. The predicted octanol–water partition coefficient (Wildman–Crippen LogP) is 1.42. The number of alkyl halides is 1. The second kappa shape index (κ2) is 4.30. The molecule has 0 radical (unpaired) electrons. The monoisotopic (exact) mass is 226 g/mol. The number of aryl methyl sites for hydroxylation is 1. The number of halogens is 1. The first-order chi connectivity index (χ1) is 7.36. The summed E-state index contributed by atoms with van der Waals surface area (Å²) < 4.78 is 13.7. The molecule has 0 saturated carbocycles. The topological polar surface area (TPSA) is 74.6 Å². The van der Waals surface area contributed by atoms with Gasteiger partial charge in [0.15, 0.2) is 0 Å². The molecule has 1 aromatic carbocycles. The highest BCUT2D eigenvalue weighted by molar-refractivity contribution is 6.01. The Kier molecular flexibility index (Phi) is 3.27. The van der Waals surface area contributed by atoms with Crippen molar-refractivity contribution >= 4 is 11.9 Å². The van der Waals surface area contributed by atoms with E-state index in [4.69, 9.17) is 10.2 Å². The molecule has 0 aliphatic carbocycles. The lowest BCUT2D eigenvalue weighted by Gasteiger charge is -2.15. The van der Waals surface area contributed by atoms with Gasteiger partial charge in [-0.1, -0.05) is 29.8 Å². The Labute approximate surface area is 91.3 Å². The van der Waals surface area contributed by atoms with Crippen molar-refractivity contribution in [2.75, 3.05) is 0 Å². The molecule has 16 heavy (non-hydrogen) atoms. The van der Waals surface area contributed by atoms with Crippen LogP contribution in [0.5, 0.6) is 0 Å². The van der Waals surface area contributed by atoms with Gasteiger partial charge in [0.25, 0.3) is 0 Å². The van der Waals surface area contributed by atoms with Crippen LogP contribution < -0.4 is 0 Å². The number of carboxylic acids is 2. The average molecular weight is 226 g/mol. The molecule has 0 unspecified atom stereocenters. The highest BCUT2D eigenvalue weighted by Gasteiger charge is 2.47. The van der Waals surface area contributed by atoms with E-state index in [0.29, 0.717) is 5.56 Å². The first-order valence-corrected chi connectivity index (χ1v) is 4.57. The van der Waals surface area contributed by atoms with Gasteiger partial charge in [-0.3, -0.25) is 0 Å². The van der Waals surface area contributed by atoms with Gasteiger partial charge < -0.3 is 10.2 Å². The molecule has 0 bridgehead atoms. The Balaban J connectivity index is 3.02. The van der Waals surface area contributed by atoms with Crippen LogP contribution in [0.1, 0.15) is 11.1 Å². The summed E-state index contributed by atoms with van der Waals surface area (Å²) in [5.74, 6) is -3.97. The van der Waals surface area contributed by atoms with Gasteiger partial charge in [-0.2, -0.15) is 0 Å². The number of hydrogen-bond acceptors (Lipinski definition) is 2. The van der Waals surface area contributed by atoms with Crippen LogP contribution in [0.25, 0.3) is 0 Å². The largest absolute Gasteiger partial charge is 0.478 e. The SMILES string of the molecule is Cc1cccc(CC(F)(C(=O)O)C(=O)O)c1. The molecule has 0 aromatic heterocycles. The Morgan fingerprint density at radius 3 is 2.31 bits per heavy atom. The number of aliphatic carboxylic acids is 2. The van der Waals surface area contributed by atoms with E-state index in [9.17, 15) is 14.0 Å². The van der Waals surface area contributed by atoms with Crippen LogP contribution in [0.3, 0.4) is 0 Å². The van der Waals surface area contributed by atoms with E-state index in [2.05, 4.69) is 0 Å². The molecular formula is C11H11FO4. The third kappa shape index (κ3) is 2.36. The maximum atomic E-state index is 13.7. The zero-order chi connectivity index (χ0) is 12.3. The first kappa shape index (κ1) is 12.2. The van der Waals surface area contributed by atoms with Crippen molar-refractivity contribution in [3.05, 3.63) is 35.4 Å². The van der Waals surface area contributed by atoms with Crippen molar-refractivity contribution < 1.29 is 24.2 Å². The minimum absolute atomic E-state index is 0.340. The molecule has 4 nitrogen and oxygen atoms in total. The van der Waals surface area contributed by atoms with Gasteiger partial charge in [0.1, 0.15) is 0 Å². The molecule has 0 fully saturated rings. The van der Waals surface area contributed by atoms with Crippen LogP contribution in [-0.2, 0) is 16.0 Å². The summed E-state index contributed by atoms with van der Waals surface area (Å²) >= 11 is 0. The van der Waals surface area contributed by atoms with Crippen molar-refractivity contribution in [3.8, 4) is 0 Å². The van der Waals surface area contributed by atoms with Gasteiger partial charge in [0, 0.05) is 6.42 Å². The lowest BCUT2D eigenvalue weighted by atomic mass is 9.95. The molecule has 5 heteroatoms. The smallest absolute Gasteiger partial charge is 0.353 e. The summed E-state index contributed by atoms with van der Waals surface area (Å²) in [7, 11) is 0. The summed E-state index contributed by atoms with van der Waals surface area (Å²) in [5, 5.41) is 17.2. The maximum absolute atomic E-state index is 13.7. The molecule has 0 heterocycles. The Morgan fingerprint density at radius 2 is 1.88 bits per heavy atom. The highest BCUT2D eigenvalue weighted by Crippen LogP contribution is 2.20. The molecule has 0 aliphatic heterocycles. The predicted molar refractivity (Wildman–Crippen MR) is 54.0 cm³/mol. The second-order valence-corrected chi connectivity index (χ2v) is 3.58. The fourth-order valence-electron chi connectivity index (χ4n) is 1.35. The fourth-order valence-corrected chi connectivity index (χ4v) is 1.35. The Hall–Kier alpha value is -1.91. The summed E-state index contributed by atoms with van der Waals surface area (Å²) in [5.41, 5.74) is -2.11. The summed E-state index contributed by atoms with van der Waals surface area (Å²) in [4.78, 5) is 21.2. The molecule has 0 saturated heterocycles. The third-order valence-corrected chi connectivity index (χ3v) is 2.21. The van der Waals surface area contributed by atoms with E-state index in [1.165, 1.54) is 6.07 Å². The molecular weight excluding hydrogens is 215 g/mol. The number of hydrogen-bond donors (Lipinski definition) is 2. The number of carboxylic acid groups (broad SMARTS) is 2. The normalized spacial score (nSPS) is 11.1. The zero-order valence-corrected chi connectivity index (χ0v) is 8.61. The number of benzene rings is 1. The van der Waals surface area contributed by atoms with Gasteiger partial charge in [-0.15, -0.1) is 0 Å². The van der Waals surface area contributed by atoms with Crippen LogP contribution >= 0.6 is 0 Å². The van der Waals surface area contributed by atoms with Crippen molar-refractivity contribution in [2.24, 2.45) is 0 Å². The van der Waals surface area contributed by atoms with E-state index in [1.54, 1.807) is 25.1 Å². The second-order valence-electron chi connectivity index (χ2n) is 3.58. The van der Waals surface area contributed by atoms with Crippen LogP contribution in [0.4, 0.5) is 4.39 Å². The molecule has 0 atom stereocenters. The van der Waals surface area contributed by atoms with E-state index in [0.717, 1.165) is 5.56 Å². The van der Waals surface area contributed by atoms with Crippen molar-refractivity contribution in [2.45, 2.75) is 19.0 Å². The van der Waals surface area contributed by atoms with Crippen LogP contribution in [0, 0.1) is 6.92 Å². The van der Waals surface area contributed by atoms with Crippen LogP contribution in [0.15, 0.2) is 24.3 Å². The van der Waals surface area contributed by atoms with Gasteiger partial charge in [-0.25, -0.2) is 14.0 Å². The average Bonchev–Trinajstić information content (AvgIpc) is 2.16. The standard InChI is InChI=1S/C11H11FO4/c1-7-3-2-4-8(5-7)6-11(12,9(13)14)10(15)16/h2-5H,6H2,1H3,(H,13,14)(H,15,16). The highest BCUT2D eigenvalue weighted by atomic mass is 19.1. The molecule has 1 rings (SSSR count). The van der Waals surface area contributed by atoms with Crippen LogP contribution in [-0.4, -0.2) is 27.8 Å². The molecule has 2 N–H and O–H groups in total. The quantitative estimate of drug-likeness (QED) is 0.761. The number of rotatable bonds is 4. The minimum atomic E-state index is -3.27. The van der Waals surface area contributed by atoms with Gasteiger partial charge in [-0.05, 0) is 12.5 Å². The Morgan fingerprint density at radius 1 is 1.31 bits per heavy atom. The van der Waals surface area contributed by atoms with E-state index in [-0.39, 0.29) is 0 Å². The van der Waals surface area contributed by atoms with E-state index in [1.807, 2.05) is 0 Å². The zero-order valence-electron chi connectivity index (χ0n) is 8.61. The summed E-state index contributed by atoms with van der Waals surface area (Å²) in [6.45, 7) is 1.75. The van der Waals surface area contributed by atoms with Crippen molar-refractivity contribution in [1.29, 1.82) is 0 Å². The summed E-state index contributed by atoms with van der Waals surface area (Å²) in [6, 6.07) is 6.42. The van der Waals surface area contributed by atoms with Gasteiger partial charge in [0.2, 0.25) is 0 Å². The molecule has 0 spiro atoms. The van der Waals surface area contributed by atoms with E-state index < -0.39 is 24.0 Å². The van der Waals surface area contributed by atoms with Crippen molar-refractivity contribution in [3.63, 3.8) is 0 Å². The lowest BCUT2D eigenvalue weighted by Crippen LogP contribution is -2.44. The minimum Gasteiger partial charge on any atom is -0.478 e. The third-order valence-electron chi connectivity index (χ3n) is 2.21. The molecule has 1 aromatic rings. The number of carbonyl (C=O) groups is 2. The molecule has 0 aliphatic rings. The van der Waals surface area contributed by atoms with Gasteiger partial charge in [0.05, 0.1) is 0 Å². The molecule has 0 amide bonds. The van der Waals surface area contributed by atoms with Crippen LogP contribution in [0.2, 0.25) is 0 Å². The fraction of sp³-hybridized carbons (Fsp3) is 0.273. The lowest BCUT2D eigenvalue weighted by molar-refractivity contribution is -0.166. The van der Waals surface area contributed by atoms with E-state index >= 15 is 0 Å². The Bertz CT molecular complexity index is 414.